The second-order valence-corrected chi connectivity index (χ2v) is 6.05. The minimum Gasteiger partial charge on any atom is -0.345 e. The van der Waals surface area contributed by atoms with Gasteiger partial charge in [0.05, 0.1) is 11.6 Å². The Hall–Kier alpha value is -1.20. The van der Waals surface area contributed by atoms with Gasteiger partial charge in [0, 0.05) is 8.95 Å². The maximum absolute atomic E-state index is 13.0. The van der Waals surface area contributed by atoms with E-state index >= 15 is 0 Å². The smallest absolute Gasteiger partial charge is 0.252 e. The van der Waals surface area contributed by atoms with Crippen LogP contribution in [-0.2, 0) is 0 Å². The number of hydrogen-bond acceptors (Lipinski definition) is 1. The highest BCUT2D eigenvalue weighted by Gasteiger charge is 2.15. The molecule has 1 N–H and O–H groups in total. The van der Waals surface area contributed by atoms with Crippen LogP contribution >= 0.6 is 31.9 Å². The second-order valence-electron chi connectivity index (χ2n) is 4.34. The standard InChI is InChI=1S/C15H12Br2FNO/c1-9(11-4-2-3-5-13(11)16)19-15(20)12-7-6-10(18)8-14(12)17/h2-9H,1H3,(H,19,20). The molecule has 2 aromatic carbocycles. The molecule has 20 heavy (non-hydrogen) atoms. The maximum Gasteiger partial charge on any atom is 0.252 e. The lowest BCUT2D eigenvalue weighted by Crippen LogP contribution is -2.27. The topological polar surface area (TPSA) is 29.1 Å². The number of amides is 1. The summed E-state index contributed by atoms with van der Waals surface area (Å²) in [5.41, 5.74) is 1.39. The Balaban J connectivity index is 2.17. The van der Waals surface area contributed by atoms with Crippen LogP contribution in [0.15, 0.2) is 51.4 Å². The summed E-state index contributed by atoms with van der Waals surface area (Å²) >= 11 is 6.66. The Kier molecular flexibility index (Phi) is 4.94. The maximum atomic E-state index is 13.0. The monoisotopic (exact) mass is 399 g/mol. The summed E-state index contributed by atoms with van der Waals surface area (Å²) in [6.45, 7) is 1.90. The molecule has 0 heterocycles. The molecule has 2 nitrogen and oxygen atoms in total. The first-order valence-corrected chi connectivity index (χ1v) is 7.58. The van der Waals surface area contributed by atoms with E-state index in [2.05, 4.69) is 37.2 Å². The minimum atomic E-state index is -0.382. The van der Waals surface area contributed by atoms with Gasteiger partial charge in [-0.05, 0) is 52.7 Å². The molecule has 0 saturated heterocycles. The van der Waals surface area contributed by atoms with Crippen LogP contribution in [0.3, 0.4) is 0 Å². The van der Waals surface area contributed by atoms with Crippen molar-refractivity contribution in [1.29, 1.82) is 0 Å². The van der Waals surface area contributed by atoms with Crippen molar-refractivity contribution < 1.29 is 9.18 Å². The van der Waals surface area contributed by atoms with Crippen LogP contribution in [-0.4, -0.2) is 5.91 Å². The molecule has 1 unspecified atom stereocenters. The molecule has 104 valence electrons. The molecule has 0 fully saturated rings. The number of benzene rings is 2. The second kappa shape index (κ2) is 6.50. The van der Waals surface area contributed by atoms with E-state index in [-0.39, 0.29) is 17.8 Å². The highest BCUT2D eigenvalue weighted by atomic mass is 79.9. The number of rotatable bonds is 3. The van der Waals surface area contributed by atoms with Crippen LogP contribution in [0.25, 0.3) is 0 Å². The molecule has 2 rings (SSSR count). The zero-order chi connectivity index (χ0) is 14.7. The van der Waals surface area contributed by atoms with E-state index in [0.29, 0.717) is 10.0 Å². The Labute approximate surface area is 133 Å². The normalized spacial score (nSPS) is 12.0. The Morgan fingerprint density at radius 1 is 1.15 bits per heavy atom. The van der Waals surface area contributed by atoms with Crippen molar-refractivity contribution in [2.75, 3.05) is 0 Å². The molecule has 1 amide bonds. The molecular formula is C15H12Br2FNO. The van der Waals surface area contributed by atoms with Crippen LogP contribution in [0.4, 0.5) is 4.39 Å². The van der Waals surface area contributed by atoms with Crippen LogP contribution in [0, 0.1) is 5.82 Å². The summed E-state index contributed by atoms with van der Waals surface area (Å²) in [7, 11) is 0. The molecule has 0 bridgehead atoms. The fourth-order valence-corrected chi connectivity index (χ4v) is 3.01. The zero-order valence-corrected chi connectivity index (χ0v) is 13.8. The Morgan fingerprint density at radius 2 is 1.85 bits per heavy atom. The summed E-state index contributed by atoms with van der Waals surface area (Å²) < 4.78 is 14.4. The van der Waals surface area contributed by atoms with E-state index < -0.39 is 0 Å². The number of carbonyl (C=O) groups is 1. The first-order valence-electron chi connectivity index (χ1n) is 5.99. The molecule has 0 aromatic heterocycles. The van der Waals surface area contributed by atoms with Crippen molar-refractivity contribution in [3.05, 3.63) is 68.4 Å². The molecule has 1 atom stereocenters. The first kappa shape index (κ1) is 15.2. The van der Waals surface area contributed by atoms with Crippen molar-refractivity contribution in [2.24, 2.45) is 0 Å². The van der Waals surface area contributed by atoms with Gasteiger partial charge in [-0.15, -0.1) is 0 Å². The number of halogens is 3. The number of nitrogens with one attached hydrogen (secondary N) is 1. The summed E-state index contributed by atoms with van der Waals surface area (Å²) in [6.07, 6.45) is 0. The average molecular weight is 401 g/mol. The molecule has 0 aliphatic heterocycles. The van der Waals surface area contributed by atoms with E-state index in [4.69, 9.17) is 0 Å². The third kappa shape index (κ3) is 3.46. The molecule has 0 saturated carbocycles. The van der Waals surface area contributed by atoms with Crippen molar-refractivity contribution in [1.82, 2.24) is 5.32 Å². The molecule has 0 aliphatic carbocycles. The lowest BCUT2D eigenvalue weighted by atomic mass is 10.1. The predicted molar refractivity (Wildman–Crippen MR) is 84.1 cm³/mol. The largest absolute Gasteiger partial charge is 0.345 e. The Bertz CT molecular complexity index is 646. The molecule has 0 radical (unpaired) electrons. The van der Waals surface area contributed by atoms with Crippen molar-refractivity contribution >= 4 is 37.8 Å². The van der Waals surface area contributed by atoms with Crippen LogP contribution in [0.2, 0.25) is 0 Å². The summed E-state index contributed by atoms with van der Waals surface area (Å²) in [5, 5.41) is 2.89. The van der Waals surface area contributed by atoms with Gasteiger partial charge in [-0.3, -0.25) is 4.79 Å². The summed E-state index contributed by atoms with van der Waals surface area (Å²) in [6, 6.07) is 11.5. The van der Waals surface area contributed by atoms with E-state index in [0.717, 1.165) is 10.0 Å². The predicted octanol–water partition coefficient (Wildman–Crippen LogP) is 4.84. The molecule has 5 heteroatoms. The molecule has 0 aliphatic rings. The quantitative estimate of drug-likeness (QED) is 0.784. The van der Waals surface area contributed by atoms with Gasteiger partial charge in [0.1, 0.15) is 5.82 Å². The van der Waals surface area contributed by atoms with E-state index in [1.54, 1.807) is 0 Å². The lowest BCUT2D eigenvalue weighted by Gasteiger charge is -2.16. The summed E-state index contributed by atoms with van der Waals surface area (Å²) in [5.74, 6) is -0.632. The number of hydrogen-bond donors (Lipinski definition) is 1. The fraction of sp³-hybridized carbons (Fsp3) is 0.133. The van der Waals surface area contributed by atoms with Crippen LogP contribution in [0.1, 0.15) is 28.9 Å². The summed E-state index contributed by atoms with van der Waals surface area (Å²) in [4.78, 5) is 12.2. The highest BCUT2D eigenvalue weighted by Crippen LogP contribution is 2.24. The van der Waals surface area contributed by atoms with E-state index in [1.807, 2.05) is 31.2 Å². The van der Waals surface area contributed by atoms with E-state index in [1.165, 1.54) is 18.2 Å². The average Bonchev–Trinajstić information content (AvgIpc) is 2.38. The van der Waals surface area contributed by atoms with Gasteiger partial charge in [0.2, 0.25) is 0 Å². The molecular weight excluding hydrogens is 389 g/mol. The van der Waals surface area contributed by atoms with Crippen LogP contribution in [0.5, 0.6) is 0 Å². The third-order valence-corrected chi connectivity index (χ3v) is 4.27. The van der Waals surface area contributed by atoms with Gasteiger partial charge < -0.3 is 5.32 Å². The van der Waals surface area contributed by atoms with Gasteiger partial charge in [0.25, 0.3) is 5.91 Å². The molecule has 2 aromatic rings. The lowest BCUT2D eigenvalue weighted by molar-refractivity contribution is 0.0939. The zero-order valence-electron chi connectivity index (χ0n) is 10.7. The van der Waals surface area contributed by atoms with Crippen molar-refractivity contribution in [2.45, 2.75) is 13.0 Å². The van der Waals surface area contributed by atoms with Gasteiger partial charge in [0.15, 0.2) is 0 Å². The SMILES string of the molecule is CC(NC(=O)c1ccc(F)cc1Br)c1ccccc1Br. The Morgan fingerprint density at radius 3 is 2.50 bits per heavy atom. The van der Waals surface area contributed by atoms with Crippen molar-refractivity contribution in [3.8, 4) is 0 Å². The third-order valence-electron chi connectivity index (χ3n) is 2.90. The van der Waals surface area contributed by atoms with Crippen molar-refractivity contribution in [3.63, 3.8) is 0 Å². The van der Waals surface area contributed by atoms with Crippen LogP contribution < -0.4 is 5.32 Å². The first-order chi connectivity index (χ1) is 9.49. The van der Waals surface area contributed by atoms with Gasteiger partial charge in [-0.25, -0.2) is 4.39 Å². The molecule has 0 spiro atoms. The number of carbonyl (C=O) groups excluding carboxylic acids is 1. The fourth-order valence-electron chi connectivity index (χ4n) is 1.85. The highest BCUT2D eigenvalue weighted by molar-refractivity contribution is 9.10. The minimum absolute atomic E-state index is 0.157. The van der Waals surface area contributed by atoms with Gasteiger partial charge >= 0.3 is 0 Å². The van der Waals surface area contributed by atoms with E-state index in [9.17, 15) is 9.18 Å². The van der Waals surface area contributed by atoms with Gasteiger partial charge in [-0.2, -0.15) is 0 Å². The van der Waals surface area contributed by atoms with Gasteiger partial charge in [-0.1, -0.05) is 34.1 Å².